The molecule has 0 aliphatic rings. The first-order valence-corrected chi connectivity index (χ1v) is 6.86. The van der Waals surface area contributed by atoms with E-state index < -0.39 is 10.7 Å². The average Bonchev–Trinajstić information content (AvgIpc) is 2.89. The Hall–Kier alpha value is -2.78. The summed E-state index contributed by atoms with van der Waals surface area (Å²) in [6.45, 7) is 1.88. The molecule has 2 rings (SSSR count). The van der Waals surface area contributed by atoms with Gasteiger partial charge in [-0.15, -0.1) is 11.3 Å². The molecule has 0 fully saturated rings. The fourth-order valence-electron chi connectivity index (χ4n) is 1.73. The molecular weight excluding hydrogens is 288 g/mol. The van der Waals surface area contributed by atoms with Crippen LogP contribution in [0.15, 0.2) is 41.3 Å². The molecule has 0 radical (unpaired) electrons. The van der Waals surface area contributed by atoms with Crippen molar-refractivity contribution in [1.29, 1.82) is 5.26 Å². The van der Waals surface area contributed by atoms with Gasteiger partial charge in [0.25, 0.3) is 5.69 Å². The van der Waals surface area contributed by atoms with Crippen molar-refractivity contribution in [2.75, 3.05) is 0 Å². The van der Waals surface area contributed by atoms with Crippen LogP contribution in [-0.2, 0) is 0 Å². The van der Waals surface area contributed by atoms with Gasteiger partial charge in [0.2, 0.25) is 5.78 Å². The van der Waals surface area contributed by atoms with E-state index in [-0.39, 0.29) is 16.8 Å². The molecule has 6 heteroatoms. The summed E-state index contributed by atoms with van der Waals surface area (Å²) in [7, 11) is 0. The number of ketones is 1. The van der Waals surface area contributed by atoms with Crippen LogP contribution in [0.1, 0.15) is 20.8 Å². The summed E-state index contributed by atoms with van der Waals surface area (Å²) in [5, 5.41) is 21.8. The van der Waals surface area contributed by atoms with Crippen LogP contribution in [0.3, 0.4) is 0 Å². The lowest BCUT2D eigenvalue weighted by Gasteiger charge is -2.00. The summed E-state index contributed by atoms with van der Waals surface area (Å²) < 4.78 is 0. The summed E-state index contributed by atoms with van der Waals surface area (Å²) in [6, 6.07) is 9.12. The summed E-state index contributed by atoms with van der Waals surface area (Å²) in [6.07, 6.45) is 1.52. The molecule has 0 spiro atoms. The van der Waals surface area contributed by atoms with E-state index in [9.17, 15) is 14.9 Å². The Morgan fingerprint density at radius 1 is 1.43 bits per heavy atom. The lowest BCUT2D eigenvalue weighted by molar-refractivity contribution is -0.384. The van der Waals surface area contributed by atoms with E-state index in [1.165, 1.54) is 41.7 Å². The van der Waals surface area contributed by atoms with Gasteiger partial charge < -0.3 is 0 Å². The van der Waals surface area contributed by atoms with Crippen LogP contribution in [0.4, 0.5) is 5.69 Å². The largest absolute Gasteiger partial charge is 0.288 e. The monoisotopic (exact) mass is 298 g/mol. The van der Waals surface area contributed by atoms with Crippen molar-refractivity contribution >= 4 is 28.9 Å². The quantitative estimate of drug-likeness (QED) is 0.283. The summed E-state index contributed by atoms with van der Waals surface area (Å²) in [5.41, 5.74) is 0.886. The standard InChI is InChI=1S/C15H10N2O3S/c1-10-5-6-21-14(10)8-12(9-16)15(18)11-3-2-4-13(7-11)17(19)20/h2-8H,1H3/b12-8+. The number of thiophene rings is 1. The number of nitro groups is 1. The van der Waals surface area contributed by atoms with Gasteiger partial charge in [-0.25, -0.2) is 0 Å². The smallest absolute Gasteiger partial charge is 0.270 e. The molecule has 0 atom stereocenters. The van der Waals surface area contributed by atoms with E-state index in [0.717, 1.165) is 10.4 Å². The van der Waals surface area contributed by atoms with Gasteiger partial charge in [-0.2, -0.15) is 5.26 Å². The van der Waals surface area contributed by atoms with Crippen LogP contribution >= 0.6 is 11.3 Å². The Morgan fingerprint density at radius 3 is 2.76 bits per heavy atom. The number of hydrogen-bond acceptors (Lipinski definition) is 5. The van der Waals surface area contributed by atoms with Crippen molar-refractivity contribution in [2.24, 2.45) is 0 Å². The van der Waals surface area contributed by atoms with Crippen molar-refractivity contribution in [3.05, 3.63) is 67.4 Å². The number of hydrogen-bond donors (Lipinski definition) is 0. The van der Waals surface area contributed by atoms with Gasteiger partial charge in [0.05, 0.1) is 4.92 Å². The van der Waals surface area contributed by atoms with Crippen molar-refractivity contribution in [2.45, 2.75) is 6.92 Å². The third-order valence-corrected chi connectivity index (χ3v) is 3.83. The van der Waals surface area contributed by atoms with Gasteiger partial charge in [0.1, 0.15) is 11.6 Å². The molecule has 21 heavy (non-hydrogen) atoms. The lowest BCUT2D eigenvalue weighted by atomic mass is 10.0. The molecule has 0 bridgehead atoms. The maximum Gasteiger partial charge on any atom is 0.270 e. The van der Waals surface area contributed by atoms with Crippen molar-refractivity contribution in [3.63, 3.8) is 0 Å². The van der Waals surface area contributed by atoms with Gasteiger partial charge in [-0.05, 0) is 30.0 Å². The second-order valence-electron chi connectivity index (χ2n) is 4.27. The number of non-ortho nitro benzene ring substituents is 1. The predicted octanol–water partition coefficient (Wildman–Crippen LogP) is 3.75. The number of rotatable bonds is 4. The molecule has 0 amide bonds. The fraction of sp³-hybridized carbons (Fsp3) is 0.0667. The number of aryl methyl sites for hydroxylation is 1. The number of nitro benzene ring substituents is 1. The zero-order valence-electron chi connectivity index (χ0n) is 11.1. The minimum atomic E-state index is -0.573. The number of carbonyl (C=O) groups excluding carboxylic acids is 1. The van der Waals surface area contributed by atoms with E-state index in [1.807, 2.05) is 24.4 Å². The highest BCUT2D eigenvalue weighted by atomic mass is 32.1. The fourth-order valence-corrected chi connectivity index (χ4v) is 2.59. The Morgan fingerprint density at radius 2 is 2.19 bits per heavy atom. The summed E-state index contributed by atoms with van der Waals surface area (Å²) in [4.78, 5) is 23.3. The van der Waals surface area contributed by atoms with E-state index in [2.05, 4.69) is 0 Å². The molecular formula is C15H10N2O3S. The number of allylic oxidation sites excluding steroid dienone is 1. The van der Waals surface area contributed by atoms with Crippen LogP contribution in [0.25, 0.3) is 6.08 Å². The first kappa shape index (κ1) is 14.6. The van der Waals surface area contributed by atoms with Gasteiger partial charge >= 0.3 is 0 Å². The molecule has 0 unspecified atom stereocenters. The second-order valence-corrected chi connectivity index (χ2v) is 5.22. The maximum absolute atomic E-state index is 12.3. The molecule has 0 N–H and O–H groups in total. The minimum absolute atomic E-state index is 0.0407. The van der Waals surface area contributed by atoms with Crippen molar-refractivity contribution < 1.29 is 9.72 Å². The molecule has 0 saturated heterocycles. The van der Waals surface area contributed by atoms with Crippen LogP contribution < -0.4 is 0 Å². The summed E-state index contributed by atoms with van der Waals surface area (Å²) in [5.74, 6) is -0.519. The van der Waals surface area contributed by atoms with E-state index in [0.29, 0.717) is 0 Å². The predicted molar refractivity (Wildman–Crippen MR) is 80.1 cm³/mol. The average molecular weight is 298 g/mol. The lowest BCUT2D eigenvalue weighted by Crippen LogP contribution is -2.02. The van der Waals surface area contributed by atoms with Crippen molar-refractivity contribution in [1.82, 2.24) is 0 Å². The molecule has 5 nitrogen and oxygen atoms in total. The van der Waals surface area contributed by atoms with Crippen LogP contribution in [-0.4, -0.2) is 10.7 Å². The summed E-state index contributed by atoms with van der Waals surface area (Å²) >= 11 is 1.43. The van der Waals surface area contributed by atoms with Gasteiger partial charge in [0, 0.05) is 22.6 Å². The Bertz CT molecular complexity index is 784. The molecule has 0 aliphatic carbocycles. The number of carbonyl (C=O) groups is 1. The maximum atomic E-state index is 12.3. The molecule has 1 heterocycles. The first-order valence-electron chi connectivity index (χ1n) is 5.98. The number of benzene rings is 1. The normalized spacial score (nSPS) is 11.0. The topological polar surface area (TPSA) is 84.0 Å². The van der Waals surface area contributed by atoms with Gasteiger partial charge in [-0.1, -0.05) is 12.1 Å². The highest BCUT2D eigenvalue weighted by Gasteiger charge is 2.16. The molecule has 1 aromatic carbocycles. The molecule has 0 aliphatic heterocycles. The molecule has 1 aromatic heterocycles. The van der Waals surface area contributed by atoms with Crippen molar-refractivity contribution in [3.8, 4) is 6.07 Å². The highest BCUT2D eigenvalue weighted by molar-refractivity contribution is 7.11. The van der Waals surface area contributed by atoms with Gasteiger partial charge in [-0.3, -0.25) is 14.9 Å². The van der Waals surface area contributed by atoms with Gasteiger partial charge in [0.15, 0.2) is 0 Å². The Labute approximate surface area is 124 Å². The van der Waals surface area contributed by atoms with E-state index in [4.69, 9.17) is 5.26 Å². The second kappa shape index (κ2) is 6.11. The third kappa shape index (κ3) is 3.22. The van der Waals surface area contributed by atoms with Crippen LogP contribution in [0.2, 0.25) is 0 Å². The minimum Gasteiger partial charge on any atom is -0.288 e. The Kier molecular flexibility index (Phi) is 4.26. The van der Waals surface area contributed by atoms with Crippen LogP contribution in [0.5, 0.6) is 0 Å². The highest BCUT2D eigenvalue weighted by Crippen LogP contribution is 2.22. The first-order chi connectivity index (χ1) is 10.0. The number of nitrogens with zero attached hydrogens (tertiary/aromatic N) is 2. The Balaban J connectivity index is 2.40. The van der Waals surface area contributed by atoms with E-state index in [1.54, 1.807) is 0 Å². The molecule has 104 valence electrons. The number of nitriles is 1. The van der Waals surface area contributed by atoms with Crippen LogP contribution in [0, 0.1) is 28.4 Å². The zero-order valence-corrected chi connectivity index (χ0v) is 11.9. The van der Waals surface area contributed by atoms with E-state index >= 15 is 0 Å². The SMILES string of the molecule is Cc1ccsc1/C=C(\C#N)C(=O)c1cccc([N+](=O)[O-])c1. The molecule has 0 saturated carbocycles. The number of Topliss-reactive ketones (excluding diaryl/α,β-unsaturated/α-hetero) is 1. The third-order valence-electron chi connectivity index (χ3n) is 2.86. The molecule has 2 aromatic rings. The zero-order chi connectivity index (χ0) is 15.4.